The van der Waals surface area contributed by atoms with Crippen LogP contribution in [0.4, 0.5) is 15.8 Å². The van der Waals surface area contributed by atoms with Crippen molar-refractivity contribution in [2.24, 2.45) is 0 Å². The van der Waals surface area contributed by atoms with E-state index in [1.54, 1.807) is 12.1 Å². The van der Waals surface area contributed by atoms with Crippen molar-refractivity contribution in [3.63, 3.8) is 0 Å². The van der Waals surface area contributed by atoms with E-state index < -0.39 is 11.7 Å². The molecular weight excluding hydrogens is 347 g/mol. The third-order valence-corrected chi connectivity index (χ3v) is 5.11. The van der Waals surface area contributed by atoms with Gasteiger partial charge >= 0.3 is 0 Å². The molecule has 2 N–H and O–H groups in total. The van der Waals surface area contributed by atoms with Crippen LogP contribution in [0, 0.1) is 5.82 Å². The zero-order chi connectivity index (χ0) is 18.8. The Labute approximate surface area is 156 Å². The molecule has 1 unspecified atom stereocenters. The van der Waals surface area contributed by atoms with Gasteiger partial charge in [-0.2, -0.15) is 0 Å². The van der Waals surface area contributed by atoms with Gasteiger partial charge in [0.05, 0.1) is 17.7 Å². The lowest BCUT2D eigenvalue weighted by Crippen LogP contribution is -2.31. The highest BCUT2D eigenvalue weighted by Gasteiger charge is 2.31. The third-order valence-electron chi connectivity index (χ3n) is 5.11. The second kappa shape index (κ2) is 7.39. The van der Waals surface area contributed by atoms with Crippen molar-refractivity contribution in [2.75, 3.05) is 10.6 Å². The zero-order valence-electron chi connectivity index (χ0n) is 14.8. The van der Waals surface area contributed by atoms with Gasteiger partial charge in [-0.1, -0.05) is 18.2 Å². The SMILES string of the molecule is O=C1CC(C(=O)Nc2ccccc2OC2CCCC2)c2ccc(F)cc2N1. The standard InChI is InChI=1S/C21H21FN2O3/c22-13-9-10-15-16(12-20(25)23-18(15)11-13)21(26)24-17-7-3-4-8-19(17)27-14-5-1-2-6-14/h3-4,7-11,14,16H,1-2,5-6,12H2,(H,23,25)(H,24,26). The average Bonchev–Trinajstić information content (AvgIpc) is 3.15. The second-order valence-electron chi connectivity index (χ2n) is 7.05. The number of halogens is 1. The van der Waals surface area contributed by atoms with Crippen LogP contribution in [0.1, 0.15) is 43.6 Å². The topological polar surface area (TPSA) is 67.4 Å². The van der Waals surface area contributed by atoms with Gasteiger partial charge < -0.3 is 15.4 Å². The number of ether oxygens (including phenoxy) is 1. The Morgan fingerprint density at radius 2 is 1.93 bits per heavy atom. The van der Waals surface area contributed by atoms with Crippen LogP contribution in [-0.4, -0.2) is 17.9 Å². The van der Waals surface area contributed by atoms with E-state index in [4.69, 9.17) is 4.74 Å². The molecule has 1 atom stereocenters. The van der Waals surface area contributed by atoms with E-state index in [2.05, 4.69) is 10.6 Å². The molecule has 2 amide bonds. The Balaban J connectivity index is 1.55. The number of fused-ring (bicyclic) bond motifs is 1. The first-order valence-electron chi connectivity index (χ1n) is 9.26. The lowest BCUT2D eigenvalue weighted by atomic mass is 9.89. The molecule has 2 aromatic carbocycles. The van der Waals surface area contributed by atoms with Crippen LogP contribution in [-0.2, 0) is 9.59 Å². The number of para-hydroxylation sites is 2. The summed E-state index contributed by atoms with van der Waals surface area (Å²) in [6.07, 6.45) is 4.55. The van der Waals surface area contributed by atoms with Crippen LogP contribution in [0.5, 0.6) is 5.75 Å². The van der Waals surface area contributed by atoms with Crippen LogP contribution in [0.15, 0.2) is 42.5 Å². The van der Waals surface area contributed by atoms with Crippen LogP contribution in [0.25, 0.3) is 0 Å². The van der Waals surface area contributed by atoms with Gasteiger partial charge in [-0.15, -0.1) is 0 Å². The van der Waals surface area contributed by atoms with Crippen LogP contribution < -0.4 is 15.4 Å². The van der Waals surface area contributed by atoms with Crippen molar-refractivity contribution in [3.8, 4) is 5.75 Å². The van der Waals surface area contributed by atoms with Crippen molar-refractivity contribution >= 4 is 23.2 Å². The van der Waals surface area contributed by atoms with Crippen molar-refractivity contribution in [3.05, 3.63) is 53.8 Å². The highest BCUT2D eigenvalue weighted by Crippen LogP contribution is 2.35. The molecule has 5 nitrogen and oxygen atoms in total. The first-order valence-corrected chi connectivity index (χ1v) is 9.26. The average molecular weight is 368 g/mol. The number of nitrogens with one attached hydrogen (secondary N) is 2. The van der Waals surface area contributed by atoms with Gasteiger partial charge in [0.25, 0.3) is 0 Å². The molecule has 2 aromatic rings. The summed E-state index contributed by atoms with van der Waals surface area (Å²) < 4.78 is 19.5. The fraction of sp³-hybridized carbons (Fsp3) is 0.333. The van der Waals surface area contributed by atoms with Gasteiger partial charge in [-0.3, -0.25) is 9.59 Å². The Bertz CT molecular complexity index is 877. The molecule has 0 bridgehead atoms. The Morgan fingerprint density at radius 1 is 1.15 bits per heavy atom. The molecule has 0 saturated heterocycles. The highest BCUT2D eigenvalue weighted by molar-refractivity contribution is 6.05. The monoisotopic (exact) mass is 368 g/mol. The first kappa shape index (κ1) is 17.5. The summed E-state index contributed by atoms with van der Waals surface area (Å²) in [6, 6.07) is 11.4. The fourth-order valence-corrected chi connectivity index (χ4v) is 3.75. The molecule has 1 fully saturated rings. The number of carbonyl (C=O) groups is 2. The van der Waals surface area contributed by atoms with E-state index in [9.17, 15) is 14.0 Å². The number of carbonyl (C=O) groups excluding carboxylic acids is 2. The van der Waals surface area contributed by atoms with Gasteiger partial charge in [0.15, 0.2) is 0 Å². The van der Waals surface area contributed by atoms with E-state index >= 15 is 0 Å². The number of amides is 2. The zero-order valence-corrected chi connectivity index (χ0v) is 14.8. The fourth-order valence-electron chi connectivity index (χ4n) is 3.75. The minimum Gasteiger partial charge on any atom is -0.488 e. The lowest BCUT2D eigenvalue weighted by molar-refractivity contribution is -0.123. The van der Waals surface area contributed by atoms with E-state index in [0.29, 0.717) is 22.7 Å². The number of hydrogen-bond acceptors (Lipinski definition) is 3. The molecule has 2 aliphatic rings. The Kier molecular flexibility index (Phi) is 4.79. The summed E-state index contributed by atoms with van der Waals surface area (Å²) in [7, 11) is 0. The van der Waals surface area contributed by atoms with E-state index in [1.165, 1.54) is 12.1 Å². The van der Waals surface area contributed by atoms with Crippen LogP contribution >= 0.6 is 0 Å². The Hall–Kier alpha value is -2.89. The second-order valence-corrected chi connectivity index (χ2v) is 7.05. The van der Waals surface area contributed by atoms with Gasteiger partial charge in [0.1, 0.15) is 11.6 Å². The minimum absolute atomic E-state index is 0.0239. The summed E-state index contributed by atoms with van der Waals surface area (Å²) in [5.74, 6) is -1.10. The maximum absolute atomic E-state index is 13.5. The van der Waals surface area contributed by atoms with Gasteiger partial charge in [0, 0.05) is 12.1 Å². The van der Waals surface area contributed by atoms with E-state index in [1.807, 2.05) is 18.2 Å². The predicted molar refractivity (Wildman–Crippen MR) is 100 cm³/mol. The molecule has 4 rings (SSSR count). The van der Waals surface area contributed by atoms with E-state index in [-0.39, 0.29) is 24.3 Å². The molecule has 0 aromatic heterocycles. The van der Waals surface area contributed by atoms with Crippen molar-refractivity contribution < 1.29 is 18.7 Å². The molecule has 1 saturated carbocycles. The maximum atomic E-state index is 13.5. The van der Waals surface area contributed by atoms with Crippen molar-refractivity contribution in [1.29, 1.82) is 0 Å². The highest BCUT2D eigenvalue weighted by atomic mass is 19.1. The summed E-state index contributed by atoms with van der Waals surface area (Å²) in [5, 5.41) is 5.52. The summed E-state index contributed by atoms with van der Waals surface area (Å²) >= 11 is 0. The molecule has 0 radical (unpaired) electrons. The number of rotatable bonds is 4. The van der Waals surface area contributed by atoms with E-state index in [0.717, 1.165) is 25.7 Å². The van der Waals surface area contributed by atoms with Gasteiger partial charge in [0.2, 0.25) is 11.8 Å². The third kappa shape index (κ3) is 3.79. The number of benzene rings is 2. The van der Waals surface area contributed by atoms with Crippen LogP contribution in [0.3, 0.4) is 0 Å². The summed E-state index contributed by atoms with van der Waals surface area (Å²) in [6.45, 7) is 0. The number of anilines is 2. The van der Waals surface area contributed by atoms with Gasteiger partial charge in [-0.25, -0.2) is 4.39 Å². The van der Waals surface area contributed by atoms with Crippen molar-refractivity contribution in [2.45, 2.75) is 44.1 Å². The number of hydrogen-bond donors (Lipinski definition) is 2. The smallest absolute Gasteiger partial charge is 0.232 e. The molecule has 1 aliphatic carbocycles. The minimum atomic E-state index is -0.672. The molecule has 1 heterocycles. The molecule has 6 heteroatoms. The summed E-state index contributed by atoms with van der Waals surface area (Å²) in [4.78, 5) is 24.9. The molecule has 27 heavy (non-hydrogen) atoms. The summed E-state index contributed by atoms with van der Waals surface area (Å²) in [5.41, 5.74) is 1.55. The molecular formula is C21H21FN2O3. The molecule has 1 aliphatic heterocycles. The first-order chi connectivity index (χ1) is 13.1. The quantitative estimate of drug-likeness (QED) is 0.849. The molecule has 0 spiro atoms. The lowest BCUT2D eigenvalue weighted by Gasteiger charge is -2.25. The Morgan fingerprint density at radius 3 is 2.74 bits per heavy atom. The molecule has 140 valence electrons. The maximum Gasteiger partial charge on any atom is 0.232 e. The normalized spacial score (nSPS) is 19.3. The van der Waals surface area contributed by atoms with Crippen LogP contribution in [0.2, 0.25) is 0 Å². The predicted octanol–water partition coefficient (Wildman–Crippen LogP) is 4.21. The van der Waals surface area contributed by atoms with Gasteiger partial charge in [-0.05, 0) is 55.5 Å². The largest absolute Gasteiger partial charge is 0.488 e. The van der Waals surface area contributed by atoms with Crippen molar-refractivity contribution in [1.82, 2.24) is 0 Å².